The molecule has 2 atom stereocenters. The largest absolute Gasteiger partial charge is 0.243 e. The Morgan fingerprint density at radius 3 is 1.12 bits per heavy atom. The maximum absolute atomic E-state index is 13.9. The highest BCUT2D eigenvalue weighted by Crippen LogP contribution is 2.20. The van der Waals surface area contributed by atoms with Crippen LogP contribution in [-0.2, 0) is 30.1 Å². The lowest BCUT2D eigenvalue weighted by Gasteiger charge is -2.30. The van der Waals surface area contributed by atoms with Crippen LogP contribution in [0.2, 0.25) is 0 Å². The van der Waals surface area contributed by atoms with Crippen molar-refractivity contribution < 1.29 is 25.3 Å². The molecule has 0 aliphatic heterocycles. The molecule has 0 amide bonds. The fraction of sp³-hybridized carbons (Fsp3) is 0.379. The lowest BCUT2D eigenvalue weighted by Crippen LogP contribution is -2.50. The van der Waals surface area contributed by atoms with Gasteiger partial charge in [-0.05, 0) is 70.0 Å². The van der Waals surface area contributed by atoms with Crippen molar-refractivity contribution in [2.24, 2.45) is 0 Å². The molecule has 0 aromatic heterocycles. The van der Waals surface area contributed by atoms with Crippen LogP contribution in [0.15, 0.2) is 87.5 Å². The molecular weight excluding hydrogens is 583 g/mol. The van der Waals surface area contributed by atoms with Crippen molar-refractivity contribution in [1.29, 1.82) is 0 Å². The molecule has 12 heteroatoms. The molecule has 224 valence electrons. The zero-order chi connectivity index (χ0) is 30.4. The van der Waals surface area contributed by atoms with Crippen LogP contribution >= 0.6 is 0 Å². The van der Waals surface area contributed by atoms with Gasteiger partial charge in [0.25, 0.3) is 0 Å². The lowest BCUT2D eigenvalue weighted by atomic mass is 10.2. The summed E-state index contributed by atoms with van der Waals surface area (Å²) in [6.07, 6.45) is 0.605. The number of nitrogens with zero attached hydrogens (tertiary/aromatic N) is 1. The van der Waals surface area contributed by atoms with Crippen LogP contribution in [0.5, 0.6) is 0 Å². The van der Waals surface area contributed by atoms with E-state index in [2.05, 4.69) is 9.44 Å². The Kier molecular flexibility index (Phi) is 10.9. The molecule has 0 saturated carbocycles. The van der Waals surface area contributed by atoms with Gasteiger partial charge in [0.1, 0.15) is 0 Å². The first-order chi connectivity index (χ1) is 19.2. The van der Waals surface area contributed by atoms with Crippen LogP contribution in [-0.4, -0.2) is 54.7 Å². The molecular formula is C29H39N3O6S3. The third kappa shape index (κ3) is 8.69. The number of sulfonamides is 3. The second kappa shape index (κ2) is 13.6. The molecule has 9 nitrogen and oxygen atoms in total. The second-order valence-corrected chi connectivity index (χ2v) is 15.6. The van der Waals surface area contributed by atoms with Crippen molar-refractivity contribution in [1.82, 2.24) is 13.7 Å². The molecule has 3 aromatic rings. The van der Waals surface area contributed by atoms with Gasteiger partial charge in [-0.25, -0.2) is 34.7 Å². The average molecular weight is 622 g/mol. The van der Waals surface area contributed by atoms with Crippen LogP contribution in [0.3, 0.4) is 0 Å². The van der Waals surface area contributed by atoms with Gasteiger partial charge in [-0.2, -0.15) is 4.31 Å². The molecule has 0 heterocycles. The monoisotopic (exact) mass is 621 g/mol. The topological polar surface area (TPSA) is 130 Å². The Balaban J connectivity index is 1.93. The standard InChI is InChI=1S/C29H39N3O6S3/c1-6-25(30-39(33,34)27-14-8-22(3)9-15-27)20-32(41(37,38)29-18-12-24(5)13-19-29)21-26(7-2)31-40(35,36)28-16-10-23(4)11-17-28/h8-19,25-26,30-31H,6-7,20-21H2,1-5H3. The van der Waals surface area contributed by atoms with E-state index in [0.717, 1.165) is 21.0 Å². The molecule has 0 saturated heterocycles. The van der Waals surface area contributed by atoms with E-state index in [1.165, 1.54) is 36.4 Å². The van der Waals surface area contributed by atoms with Crippen LogP contribution in [0, 0.1) is 20.8 Å². The molecule has 2 N–H and O–H groups in total. The lowest BCUT2D eigenvalue weighted by molar-refractivity contribution is 0.335. The minimum atomic E-state index is -4.12. The normalized spacial score (nSPS) is 14.2. The van der Waals surface area contributed by atoms with Crippen LogP contribution in [0.25, 0.3) is 0 Å². The van der Waals surface area contributed by atoms with Crippen LogP contribution in [0.4, 0.5) is 0 Å². The van der Waals surface area contributed by atoms with Gasteiger partial charge >= 0.3 is 0 Å². The summed E-state index contributed by atoms with van der Waals surface area (Å²) in [6, 6.07) is 17.6. The molecule has 2 unspecified atom stereocenters. The Hall–Kier alpha value is -2.61. The Morgan fingerprint density at radius 2 is 0.829 bits per heavy atom. The Labute approximate surface area is 245 Å². The summed E-state index contributed by atoms with van der Waals surface area (Å²) in [5, 5.41) is 0. The van der Waals surface area contributed by atoms with E-state index in [9.17, 15) is 25.3 Å². The Bertz CT molecular complexity index is 1530. The number of benzene rings is 3. The van der Waals surface area contributed by atoms with Gasteiger partial charge in [-0.1, -0.05) is 66.9 Å². The fourth-order valence-electron chi connectivity index (χ4n) is 4.13. The van der Waals surface area contributed by atoms with E-state index >= 15 is 0 Å². The zero-order valence-electron chi connectivity index (χ0n) is 24.0. The first kappa shape index (κ1) is 32.9. The maximum Gasteiger partial charge on any atom is 0.243 e. The molecule has 0 fully saturated rings. The first-order valence-corrected chi connectivity index (χ1v) is 17.8. The maximum atomic E-state index is 13.9. The third-order valence-electron chi connectivity index (χ3n) is 6.80. The minimum absolute atomic E-state index is 0.0376. The number of hydrogen-bond donors (Lipinski definition) is 2. The summed E-state index contributed by atoms with van der Waals surface area (Å²) < 4.78 is 86.7. The van der Waals surface area contributed by atoms with Crippen LogP contribution < -0.4 is 9.44 Å². The number of aryl methyl sites for hydroxylation is 3. The highest BCUT2D eigenvalue weighted by Gasteiger charge is 2.32. The summed E-state index contributed by atoms with van der Waals surface area (Å²) in [4.78, 5) is 0.189. The van der Waals surface area contributed by atoms with Crippen molar-refractivity contribution >= 4 is 30.1 Å². The summed E-state index contributed by atoms with van der Waals surface area (Å²) in [5.74, 6) is 0. The molecule has 0 aliphatic carbocycles. The second-order valence-electron chi connectivity index (χ2n) is 10.2. The van der Waals surface area contributed by atoms with Gasteiger partial charge in [-0.3, -0.25) is 0 Å². The molecule has 41 heavy (non-hydrogen) atoms. The minimum Gasteiger partial charge on any atom is -0.207 e. The van der Waals surface area contributed by atoms with Gasteiger partial charge in [0.05, 0.1) is 14.7 Å². The third-order valence-corrected chi connectivity index (χ3v) is 11.7. The zero-order valence-corrected chi connectivity index (χ0v) is 26.5. The van der Waals surface area contributed by atoms with Crippen molar-refractivity contribution in [3.8, 4) is 0 Å². The van der Waals surface area contributed by atoms with Crippen molar-refractivity contribution in [2.75, 3.05) is 13.1 Å². The van der Waals surface area contributed by atoms with E-state index in [1.54, 1.807) is 50.2 Å². The van der Waals surface area contributed by atoms with Gasteiger partial charge in [-0.15, -0.1) is 0 Å². The molecule has 0 bridgehead atoms. The van der Waals surface area contributed by atoms with E-state index < -0.39 is 42.2 Å². The summed E-state index contributed by atoms with van der Waals surface area (Å²) >= 11 is 0. The quantitative estimate of drug-likeness (QED) is 0.279. The first-order valence-electron chi connectivity index (χ1n) is 13.4. The smallest absolute Gasteiger partial charge is 0.207 e. The molecule has 3 aromatic carbocycles. The number of nitrogens with one attached hydrogen (secondary N) is 2. The number of rotatable bonds is 14. The van der Waals surface area contributed by atoms with E-state index in [1.807, 2.05) is 20.8 Å². The number of hydrogen-bond acceptors (Lipinski definition) is 6. The van der Waals surface area contributed by atoms with Crippen molar-refractivity contribution in [3.63, 3.8) is 0 Å². The summed E-state index contributed by atoms with van der Waals surface area (Å²) in [5.41, 5.74) is 2.69. The highest BCUT2D eigenvalue weighted by molar-refractivity contribution is 7.90. The van der Waals surface area contributed by atoms with E-state index in [0.29, 0.717) is 12.8 Å². The Morgan fingerprint density at radius 1 is 0.537 bits per heavy atom. The molecule has 0 aliphatic rings. The highest BCUT2D eigenvalue weighted by atomic mass is 32.2. The summed E-state index contributed by atoms with van der Waals surface area (Å²) in [6.45, 7) is 8.68. The van der Waals surface area contributed by atoms with E-state index in [4.69, 9.17) is 0 Å². The average Bonchev–Trinajstić information content (AvgIpc) is 2.92. The predicted octanol–water partition coefficient (Wildman–Crippen LogP) is 4.12. The predicted molar refractivity (Wildman–Crippen MR) is 161 cm³/mol. The fourth-order valence-corrected chi connectivity index (χ4v) is 8.28. The molecule has 0 spiro atoms. The summed E-state index contributed by atoms with van der Waals surface area (Å²) in [7, 11) is -12.0. The molecule has 0 radical (unpaired) electrons. The van der Waals surface area contributed by atoms with E-state index in [-0.39, 0.29) is 27.8 Å². The SMILES string of the molecule is CCC(CN(CC(CC)NS(=O)(=O)c1ccc(C)cc1)S(=O)(=O)c1ccc(C)cc1)NS(=O)(=O)c1ccc(C)cc1. The molecule has 3 rings (SSSR count). The van der Waals surface area contributed by atoms with Gasteiger partial charge in [0.2, 0.25) is 30.1 Å². The van der Waals surface area contributed by atoms with Gasteiger partial charge < -0.3 is 0 Å². The van der Waals surface area contributed by atoms with Crippen molar-refractivity contribution in [2.45, 2.75) is 74.2 Å². The van der Waals surface area contributed by atoms with Crippen molar-refractivity contribution in [3.05, 3.63) is 89.5 Å². The van der Waals surface area contributed by atoms with Crippen LogP contribution in [0.1, 0.15) is 43.4 Å². The van der Waals surface area contributed by atoms with Gasteiger partial charge in [0.15, 0.2) is 0 Å². The van der Waals surface area contributed by atoms with Gasteiger partial charge in [0, 0.05) is 25.2 Å².